The van der Waals surface area contributed by atoms with Gasteiger partial charge in [0.15, 0.2) is 11.5 Å². The number of nitrogens with zero attached hydrogens (tertiary/aromatic N) is 6. The number of hydrogen-bond donors (Lipinski definition) is 2. The number of anilines is 1. The van der Waals surface area contributed by atoms with Gasteiger partial charge in [0.25, 0.3) is 11.5 Å². The molecule has 11 heteroatoms. The molecule has 0 fully saturated rings. The Kier molecular flexibility index (Phi) is 6.64. The molecule has 0 saturated carbocycles. The molecule has 204 valence electrons. The topological polar surface area (TPSA) is 133 Å². The summed E-state index contributed by atoms with van der Waals surface area (Å²) in [5.74, 6) is -0.0278. The molecule has 2 aromatic carbocycles. The van der Waals surface area contributed by atoms with Gasteiger partial charge in [0.2, 0.25) is 0 Å². The van der Waals surface area contributed by atoms with Crippen LogP contribution in [0.5, 0.6) is 0 Å². The molecule has 1 unspecified atom stereocenters. The maximum absolute atomic E-state index is 14.2. The molecule has 10 nitrogen and oxygen atoms in total. The molecule has 41 heavy (non-hydrogen) atoms. The second-order valence-corrected chi connectivity index (χ2v) is 10.7. The van der Waals surface area contributed by atoms with Gasteiger partial charge in [-0.15, -0.1) is 16.4 Å². The lowest BCUT2D eigenvalue weighted by Gasteiger charge is -2.20. The summed E-state index contributed by atoms with van der Waals surface area (Å²) in [6.45, 7) is 5.58. The van der Waals surface area contributed by atoms with Crippen LogP contribution in [0.25, 0.3) is 34.4 Å². The van der Waals surface area contributed by atoms with Crippen LogP contribution < -0.4 is 16.6 Å². The summed E-state index contributed by atoms with van der Waals surface area (Å²) in [6, 6.07) is 15.9. The van der Waals surface area contributed by atoms with Crippen molar-refractivity contribution < 1.29 is 4.79 Å². The van der Waals surface area contributed by atoms with Crippen LogP contribution in [0.4, 0.5) is 5.82 Å². The number of nitrogens with one attached hydrogen (secondary N) is 1. The predicted molar refractivity (Wildman–Crippen MR) is 161 cm³/mol. The van der Waals surface area contributed by atoms with Gasteiger partial charge in [0.05, 0.1) is 33.3 Å². The monoisotopic (exact) mass is 562 g/mol. The quantitative estimate of drug-likeness (QED) is 0.299. The molecule has 0 spiro atoms. The minimum atomic E-state index is -0.670. The number of aryl methyl sites for hydroxylation is 2. The third-order valence-corrected chi connectivity index (χ3v) is 7.53. The number of fused-ring (bicyclic) bond motifs is 2. The van der Waals surface area contributed by atoms with E-state index in [0.717, 1.165) is 22.0 Å². The van der Waals surface area contributed by atoms with Gasteiger partial charge < -0.3 is 11.1 Å². The summed E-state index contributed by atoms with van der Waals surface area (Å²) in [5, 5.41) is 10.6. The zero-order valence-electron chi connectivity index (χ0n) is 22.6. The Morgan fingerprint density at radius 2 is 1.85 bits per heavy atom. The Balaban J connectivity index is 1.46. The van der Waals surface area contributed by atoms with E-state index >= 15 is 0 Å². The second-order valence-electron chi connectivity index (χ2n) is 9.59. The minimum absolute atomic E-state index is 0.0650. The summed E-state index contributed by atoms with van der Waals surface area (Å²) in [6.07, 6.45) is 5.37. The average Bonchev–Trinajstić information content (AvgIpc) is 3.54. The number of carbonyl (C=O) groups excluding carboxylic acids is 1. The molecular weight excluding hydrogens is 536 g/mol. The fourth-order valence-corrected chi connectivity index (χ4v) is 5.37. The number of rotatable bonds is 6. The van der Waals surface area contributed by atoms with Crippen LogP contribution >= 0.6 is 11.3 Å². The van der Waals surface area contributed by atoms with Crippen molar-refractivity contribution in [3.63, 3.8) is 0 Å². The van der Waals surface area contributed by atoms with Crippen molar-refractivity contribution in [2.75, 3.05) is 5.73 Å². The second kappa shape index (κ2) is 10.4. The summed E-state index contributed by atoms with van der Waals surface area (Å²) >= 11 is 1.56. The van der Waals surface area contributed by atoms with E-state index in [1.54, 1.807) is 41.2 Å². The summed E-state index contributed by atoms with van der Waals surface area (Å²) in [5.41, 5.74) is 9.88. The normalized spacial score (nSPS) is 12.4. The Morgan fingerprint density at radius 1 is 1.05 bits per heavy atom. The van der Waals surface area contributed by atoms with Crippen LogP contribution in [0.15, 0.2) is 71.0 Å². The lowest BCUT2D eigenvalue weighted by molar-refractivity contribution is 0.0940. The van der Waals surface area contributed by atoms with Crippen molar-refractivity contribution in [3.05, 3.63) is 110 Å². The number of hydrogen-bond acceptors (Lipinski definition) is 8. The van der Waals surface area contributed by atoms with Gasteiger partial charge in [-0.1, -0.05) is 36.4 Å². The number of carbonyl (C=O) groups is 1. The molecule has 0 bridgehead atoms. The lowest BCUT2D eigenvalue weighted by Crippen LogP contribution is -2.33. The summed E-state index contributed by atoms with van der Waals surface area (Å²) in [4.78, 5) is 41.4. The van der Waals surface area contributed by atoms with Crippen LogP contribution in [0, 0.1) is 13.8 Å². The Hall–Kier alpha value is -5.16. The summed E-state index contributed by atoms with van der Waals surface area (Å²) < 4.78 is 3.07. The molecule has 0 aliphatic rings. The van der Waals surface area contributed by atoms with E-state index in [4.69, 9.17) is 10.7 Å². The zero-order chi connectivity index (χ0) is 28.7. The number of aromatic nitrogens is 6. The predicted octanol–water partition coefficient (Wildman–Crippen LogP) is 4.75. The standard InChI is InChI=1S/C30H26N8O2S/c1-17-14-15-32-28-25(26(31)36-38(17)28)29(39)33-18(2)27-35-23-11-7-8-20(12-13-21-16-41-19(3)34-21)24(23)30(40)37(27)22-9-5-4-6-10-22/h4-16,18H,1-3H3,(H2,31,36)(H,33,39). The highest BCUT2D eigenvalue weighted by molar-refractivity contribution is 7.09. The first-order valence-electron chi connectivity index (χ1n) is 12.9. The third kappa shape index (κ3) is 4.76. The molecule has 4 heterocycles. The van der Waals surface area contributed by atoms with Gasteiger partial charge in [-0.3, -0.25) is 14.2 Å². The Labute approximate surface area is 238 Å². The minimum Gasteiger partial charge on any atom is -0.381 e. The third-order valence-electron chi connectivity index (χ3n) is 6.74. The van der Waals surface area contributed by atoms with Crippen LogP contribution in [-0.2, 0) is 0 Å². The van der Waals surface area contributed by atoms with Gasteiger partial charge in [-0.2, -0.15) is 0 Å². The average molecular weight is 563 g/mol. The number of benzene rings is 2. The number of thiazole rings is 1. The zero-order valence-corrected chi connectivity index (χ0v) is 23.4. The van der Waals surface area contributed by atoms with Crippen LogP contribution in [0.3, 0.4) is 0 Å². The van der Waals surface area contributed by atoms with Crippen molar-refractivity contribution in [3.8, 4) is 5.69 Å². The molecule has 3 N–H and O–H groups in total. The van der Waals surface area contributed by atoms with E-state index in [9.17, 15) is 9.59 Å². The maximum Gasteiger partial charge on any atom is 0.266 e. The first kappa shape index (κ1) is 26.1. The van der Waals surface area contributed by atoms with Crippen molar-refractivity contribution in [1.29, 1.82) is 0 Å². The molecule has 4 aromatic heterocycles. The van der Waals surface area contributed by atoms with Crippen molar-refractivity contribution in [1.82, 2.24) is 34.4 Å². The van der Waals surface area contributed by atoms with Gasteiger partial charge in [0.1, 0.15) is 11.4 Å². The molecule has 6 rings (SSSR count). The van der Waals surface area contributed by atoms with Crippen LogP contribution in [-0.4, -0.2) is 35.0 Å². The Bertz CT molecular complexity index is 2020. The van der Waals surface area contributed by atoms with E-state index in [0.29, 0.717) is 28.1 Å². The fourth-order valence-electron chi connectivity index (χ4n) is 4.79. The largest absolute Gasteiger partial charge is 0.381 e. The maximum atomic E-state index is 14.2. The van der Waals surface area contributed by atoms with Crippen molar-refractivity contribution >= 4 is 51.8 Å². The van der Waals surface area contributed by atoms with Crippen LogP contribution in [0.2, 0.25) is 0 Å². The van der Waals surface area contributed by atoms with Gasteiger partial charge in [0, 0.05) is 17.3 Å². The first-order chi connectivity index (χ1) is 19.8. The van der Waals surface area contributed by atoms with Crippen molar-refractivity contribution in [2.24, 2.45) is 0 Å². The lowest BCUT2D eigenvalue weighted by atomic mass is 10.1. The molecule has 0 radical (unpaired) electrons. The molecule has 0 aliphatic carbocycles. The van der Waals surface area contributed by atoms with Gasteiger partial charge in [-0.05, 0) is 56.7 Å². The van der Waals surface area contributed by atoms with Crippen molar-refractivity contribution in [2.45, 2.75) is 26.8 Å². The first-order valence-corrected chi connectivity index (χ1v) is 13.8. The molecule has 6 aromatic rings. The molecule has 0 aliphatic heterocycles. The van der Waals surface area contributed by atoms with E-state index < -0.39 is 11.9 Å². The molecular formula is C30H26N8O2S. The highest BCUT2D eigenvalue weighted by atomic mass is 32.1. The van der Waals surface area contributed by atoms with Crippen LogP contribution in [0.1, 0.15) is 51.1 Å². The SMILES string of the molecule is Cc1nc(C=Cc2cccc3nc(C(C)NC(=O)c4c(N)nn5c(C)ccnc45)n(-c4ccccc4)c(=O)c23)cs1. The molecule has 1 atom stereocenters. The smallest absolute Gasteiger partial charge is 0.266 e. The molecule has 1 amide bonds. The number of nitrogens with two attached hydrogens (primary N) is 1. The Morgan fingerprint density at radius 3 is 2.61 bits per heavy atom. The van der Waals surface area contributed by atoms with E-state index in [1.165, 1.54) is 4.52 Å². The van der Waals surface area contributed by atoms with E-state index in [2.05, 4.69) is 20.4 Å². The highest BCUT2D eigenvalue weighted by Crippen LogP contribution is 2.24. The van der Waals surface area contributed by atoms with E-state index in [1.807, 2.05) is 73.8 Å². The summed E-state index contributed by atoms with van der Waals surface area (Å²) in [7, 11) is 0. The van der Waals surface area contributed by atoms with Gasteiger partial charge in [-0.25, -0.2) is 19.5 Å². The number of nitrogen functional groups attached to an aromatic ring is 1. The highest BCUT2D eigenvalue weighted by Gasteiger charge is 2.25. The number of para-hydroxylation sites is 1. The van der Waals surface area contributed by atoms with Gasteiger partial charge >= 0.3 is 0 Å². The number of amides is 1. The fraction of sp³-hybridized carbons (Fsp3) is 0.133. The molecule has 0 saturated heterocycles. The van der Waals surface area contributed by atoms with E-state index in [-0.39, 0.29) is 16.9 Å².